The van der Waals surface area contributed by atoms with Crippen molar-refractivity contribution >= 4 is 28.4 Å². The molecule has 51 heavy (non-hydrogen) atoms. The van der Waals surface area contributed by atoms with E-state index in [9.17, 15) is 19.5 Å². The van der Waals surface area contributed by atoms with E-state index in [0.717, 1.165) is 61.9 Å². The lowest BCUT2D eigenvalue weighted by molar-refractivity contribution is -0.125. The van der Waals surface area contributed by atoms with Gasteiger partial charge in [0.05, 0.1) is 23.1 Å². The summed E-state index contributed by atoms with van der Waals surface area (Å²) < 4.78 is 25.1. The third-order valence-corrected chi connectivity index (χ3v) is 10.6. The molecule has 0 saturated carbocycles. The van der Waals surface area contributed by atoms with Crippen molar-refractivity contribution in [3.05, 3.63) is 81.4 Å². The first kappa shape index (κ1) is 33.4. The van der Waals surface area contributed by atoms with E-state index in [1.54, 1.807) is 20.0 Å². The molecule has 1 aliphatic carbocycles. The summed E-state index contributed by atoms with van der Waals surface area (Å²) in [5.74, 6) is -0.666. The maximum Gasteiger partial charge on any atom is 0.256 e. The molecule has 3 aliphatic heterocycles. The monoisotopic (exact) mass is 693 g/mol. The third kappa shape index (κ3) is 6.38. The van der Waals surface area contributed by atoms with E-state index in [1.165, 1.54) is 11.6 Å². The molecule has 4 aromatic rings. The highest BCUT2D eigenvalue weighted by molar-refractivity contribution is 6.01. The lowest BCUT2D eigenvalue weighted by Crippen LogP contribution is -2.44. The van der Waals surface area contributed by atoms with Crippen molar-refractivity contribution in [3.8, 4) is 28.3 Å². The van der Waals surface area contributed by atoms with Gasteiger partial charge in [-0.05, 0) is 106 Å². The lowest BCUT2D eigenvalue weighted by Gasteiger charge is -2.32. The number of nitrogens with one attached hydrogen (secondary N) is 2. The van der Waals surface area contributed by atoms with Crippen LogP contribution in [-0.2, 0) is 11.2 Å². The number of benzene rings is 3. The molecule has 0 radical (unpaired) electrons. The summed E-state index contributed by atoms with van der Waals surface area (Å²) in [5, 5.41) is 16.2. The number of anilines is 1. The van der Waals surface area contributed by atoms with Gasteiger partial charge < -0.3 is 34.8 Å². The van der Waals surface area contributed by atoms with Crippen LogP contribution in [0.25, 0.3) is 27.7 Å². The summed E-state index contributed by atoms with van der Waals surface area (Å²) >= 11 is 0. The Labute approximate surface area is 296 Å². The van der Waals surface area contributed by atoms with Crippen LogP contribution in [0.3, 0.4) is 0 Å². The first-order valence-electron chi connectivity index (χ1n) is 18.2. The molecule has 4 heterocycles. The normalized spacial score (nSPS) is 18.1. The first-order valence-corrected chi connectivity index (χ1v) is 18.2. The van der Waals surface area contributed by atoms with E-state index < -0.39 is 22.8 Å². The molecule has 0 bridgehead atoms. The maximum absolute atomic E-state index is 16.6. The molecule has 8 rings (SSSR count). The molecule has 1 atom stereocenters. The average Bonchev–Trinajstić information content (AvgIpc) is 3.66. The number of pyridine rings is 1. The van der Waals surface area contributed by atoms with Gasteiger partial charge >= 0.3 is 0 Å². The third-order valence-electron chi connectivity index (χ3n) is 10.6. The molecule has 2 amide bonds. The van der Waals surface area contributed by atoms with E-state index in [0.29, 0.717) is 49.6 Å². The smallest absolute Gasteiger partial charge is 0.256 e. The minimum atomic E-state index is -1.15. The van der Waals surface area contributed by atoms with Gasteiger partial charge in [-0.15, -0.1) is 0 Å². The van der Waals surface area contributed by atoms with E-state index >= 15 is 4.39 Å². The molecule has 2 fully saturated rings. The first-order chi connectivity index (χ1) is 24.5. The summed E-state index contributed by atoms with van der Waals surface area (Å²) in [4.78, 5) is 44.7. The quantitative estimate of drug-likeness (QED) is 0.199. The van der Waals surface area contributed by atoms with Crippen LogP contribution in [0.5, 0.6) is 11.5 Å². The summed E-state index contributed by atoms with van der Waals surface area (Å²) in [6, 6.07) is 13.2. The predicted molar refractivity (Wildman–Crippen MR) is 195 cm³/mol. The van der Waals surface area contributed by atoms with Crippen molar-refractivity contribution in [3.63, 3.8) is 0 Å². The minimum absolute atomic E-state index is 0.0480. The van der Waals surface area contributed by atoms with Gasteiger partial charge in [0.1, 0.15) is 16.8 Å². The van der Waals surface area contributed by atoms with Gasteiger partial charge in [-0.2, -0.15) is 0 Å². The van der Waals surface area contributed by atoms with E-state index in [4.69, 9.17) is 4.74 Å². The number of hydrogen-bond acceptors (Lipinski definition) is 7. The largest absolute Gasteiger partial charge is 0.451 e. The second-order valence-corrected chi connectivity index (χ2v) is 15.1. The van der Waals surface area contributed by atoms with Crippen molar-refractivity contribution in [2.45, 2.75) is 70.4 Å². The van der Waals surface area contributed by atoms with Crippen LogP contribution in [0.1, 0.15) is 73.9 Å². The number of aliphatic hydroxyl groups is 1. The maximum atomic E-state index is 16.6. The second-order valence-electron chi connectivity index (χ2n) is 15.1. The van der Waals surface area contributed by atoms with Crippen LogP contribution in [0, 0.1) is 5.82 Å². The van der Waals surface area contributed by atoms with Gasteiger partial charge in [0.25, 0.3) is 5.91 Å². The summed E-state index contributed by atoms with van der Waals surface area (Å²) in [5.41, 5.74) is 3.98. The molecule has 1 aromatic heterocycles. The number of likely N-dealkylation sites (tertiary alicyclic amines) is 1. The van der Waals surface area contributed by atoms with Gasteiger partial charge in [0.15, 0.2) is 17.3 Å². The average molecular weight is 694 g/mol. The van der Waals surface area contributed by atoms with Crippen molar-refractivity contribution in [1.29, 1.82) is 0 Å². The molecule has 266 valence electrons. The van der Waals surface area contributed by atoms with Gasteiger partial charge in [-0.1, -0.05) is 24.3 Å². The molecule has 3 N–H and O–H groups in total. The standard InChI is InChI=1S/C40H44FN5O5/c1-40(2,50)21-34(47)43-26-10-5-6-15-45(22-26)36-31(41)19-29-35-38(36)51-33-18-25-17-24-9-3-4-11-27(24)28(25)20-32(33)46(35)23-30(37(29)48)39(49)42-12-16-44-13-7-8-14-44/h3-4,9,11,18-20,23,26,50H,5-8,10,12-17,21-22H2,1-2H3,(H,42,49)(H,43,47). The van der Waals surface area contributed by atoms with Gasteiger partial charge in [0, 0.05) is 38.4 Å². The number of amides is 2. The number of halogens is 1. The van der Waals surface area contributed by atoms with Crippen molar-refractivity contribution < 1.29 is 23.8 Å². The van der Waals surface area contributed by atoms with E-state index in [1.807, 2.05) is 33.7 Å². The van der Waals surface area contributed by atoms with Crippen molar-refractivity contribution in [2.75, 3.05) is 44.2 Å². The van der Waals surface area contributed by atoms with E-state index in [-0.39, 0.29) is 40.8 Å². The Balaban J connectivity index is 1.23. The predicted octanol–water partition coefficient (Wildman–Crippen LogP) is 5.27. The highest BCUT2D eigenvalue weighted by Gasteiger charge is 2.34. The van der Waals surface area contributed by atoms with Crippen molar-refractivity contribution in [1.82, 2.24) is 20.1 Å². The van der Waals surface area contributed by atoms with Crippen LogP contribution in [0.15, 0.2) is 53.5 Å². The Morgan fingerprint density at radius 1 is 1.02 bits per heavy atom. The molecule has 11 heteroatoms. The fourth-order valence-corrected chi connectivity index (χ4v) is 8.25. The summed E-state index contributed by atoms with van der Waals surface area (Å²) in [6.07, 6.45) is 6.84. The minimum Gasteiger partial charge on any atom is -0.451 e. The highest BCUT2D eigenvalue weighted by Crippen LogP contribution is 2.50. The molecular weight excluding hydrogens is 649 g/mol. The Hall–Kier alpha value is -4.74. The van der Waals surface area contributed by atoms with E-state index in [2.05, 4.69) is 27.7 Å². The van der Waals surface area contributed by atoms with Crippen LogP contribution >= 0.6 is 0 Å². The Kier molecular flexibility index (Phi) is 8.58. The number of ether oxygens (including phenoxy) is 1. The molecule has 2 saturated heterocycles. The number of carbonyl (C=O) groups is 2. The van der Waals surface area contributed by atoms with Gasteiger partial charge in [-0.3, -0.25) is 14.4 Å². The van der Waals surface area contributed by atoms with Gasteiger partial charge in [-0.25, -0.2) is 4.39 Å². The Morgan fingerprint density at radius 3 is 2.61 bits per heavy atom. The zero-order valence-corrected chi connectivity index (χ0v) is 29.2. The Morgan fingerprint density at radius 2 is 1.80 bits per heavy atom. The number of carbonyl (C=O) groups excluding carboxylic acids is 2. The lowest BCUT2D eigenvalue weighted by atomic mass is 10.0. The molecule has 1 unspecified atom stereocenters. The topological polar surface area (TPSA) is 116 Å². The Bertz CT molecular complexity index is 2120. The molecule has 10 nitrogen and oxygen atoms in total. The fourth-order valence-electron chi connectivity index (χ4n) is 8.25. The SMILES string of the molecule is CC(C)(O)CC(=O)NC1CCCCN(c2c(F)cc3c(=O)c(C(=O)NCCN4CCCC4)cn4c3c2Oc2cc3c(cc2-4)-c2ccccc2C3)C1. The summed E-state index contributed by atoms with van der Waals surface area (Å²) in [7, 11) is 0. The molecule has 4 aliphatic rings. The van der Waals surface area contributed by atoms with Crippen LogP contribution < -0.4 is 25.7 Å². The molecule has 0 spiro atoms. The van der Waals surface area contributed by atoms with Crippen molar-refractivity contribution in [2.24, 2.45) is 0 Å². The summed E-state index contributed by atoms with van der Waals surface area (Å²) in [6.45, 7) is 7.13. The van der Waals surface area contributed by atoms with Crippen LogP contribution in [0.2, 0.25) is 0 Å². The van der Waals surface area contributed by atoms with Crippen LogP contribution in [0.4, 0.5) is 10.1 Å². The number of fused-ring (bicyclic) bond motifs is 5. The second kappa shape index (κ2) is 13.1. The zero-order valence-electron chi connectivity index (χ0n) is 29.2. The number of hydrogen-bond donors (Lipinski definition) is 3. The molecular formula is C40H44FN5O5. The fraction of sp³-hybridized carbons (Fsp3) is 0.425. The number of rotatable bonds is 8. The highest BCUT2D eigenvalue weighted by atomic mass is 19.1. The van der Waals surface area contributed by atoms with Gasteiger partial charge in [0.2, 0.25) is 11.3 Å². The number of aromatic nitrogens is 1. The number of nitrogens with zero attached hydrogens (tertiary/aromatic N) is 3. The van der Waals surface area contributed by atoms with Crippen LogP contribution in [-0.4, -0.2) is 77.3 Å². The molecule has 3 aromatic carbocycles. The zero-order chi connectivity index (χ0) is 35.4.